The Bertz CT molecular complexity index is 309. The van der Waals surface area contributed by atoms with Gasteiger partial charge in [0.05, 0.1) is 5.56 Å². The summed E-state index contributed by atoms with van der Waals surface area (Å²) in [5.74, 6) is -0.875. The van der Waals surface area contributed by atoms with E-state index in [1.54, 1.807) is 12.1 Å². The molecular formula is C11H16MgO2. The first kappa shape index (κ1) is 13.5. The number of rotatable bonds is 1. The van der Waals surface area contributed by atoms with Gasteiger partial charge in [-0.05, 0) is 23.1 Å². The van der Waals surface area contributed by atoms with Crippen molar-refractivity contribution >= 4 is 29.0 Å². The van der Waals surface area contributed by atoms with Gasteiger partial charge < -0.3 is 5.11 Å². The maximum Gasteiger partial charge on any atom is 0.335 e. The minimum Gasteiger partial charge on any atom is -0.478 e. The van der Waals surface area contributed by atoms with Gasteiger partial charge >= 0.3 is 29.0 Å². The van der Waals surface area contributed by atoms with Crippen molar-refractivity contribution in [1.82, 2.24) is 0 Å². The highest BCUT2D eigenvalue weighted by Crippen LogP contribution is 2.21. The van der Waals surface area contributed by atoms with Gasteiger partial charge in [-0.3, -0.25) is 0 Å². The molecule has 3 heteroatoms. The number of carbonyl (C=O) groups is 1. The zero-order valence-corrected chi connectivity index (χ0v) is 8.16. The van der Waals surface area contributed by atoms with Gasteiger partial charge in [0.25, 0.3) is 0 Å². The molecule has 1 aromatic carbocycles. The van der Waals surface area contributed by atoms with E-state index in [-0.39, 0.29) is 28.5 Å². The molecule has 74 valence electrons. The van der Waals surface area contributed by atoms with Gasteiger partial charge in [0.15, 0.2) is 0 Å². The number of carboxylic acids is 1. The number of carboxylic acid groups (broad SMARTS) is 1. The highest BCUT2D eigenvalue weighted by atomic mass is 24.3. The lowest BCUT2D eigenvalue weighted by Gasteiger charge is -2.18. The van der Waals surface area contributed by atoms with Crippen LogP contribution in [0.2, 0.25) is 0 Å². The van der Waals surface area contributed by atoms with Crippen LogP contribution in [0.4, 0.5) is 0 Å². The molecule has 0 spiro atoms. The van der Waals surface area contributed by atoms with E-state index in [2.05, 4.69) is 20.8 Å². The second-order valence-corrected chi connectivity index (χ2v) is 4.13. The van der Waals surface area contributed by atoms with Crippen LogP contribution >= 0.6 is 0 Å². The first-order valence-electron chi connectivity index (χ1n) is 4.25. The van der Waals surface area contributed by atoms with Gasteiger partial charge in [0.2, 0.25) is 0 Å². The van der Waals surface area contributed by atoms with Crippen molar-refractivity contribution in [3.05, 3.63) is 35.4 Å². The average Bonchev–Trinajstić information content (AvgIpc) is 2.03. The summed E-state index contributed by atoms with van der Waals surface area (Å²) in [6.07, 6.45) is 0. The third-order valence-corrected chi connectivity index (χ3v) is 2.00. The molecule has 2 nitrogen and oxygen atoms in total. The fourth-order valence-electron chi connectivity index (χ4n) is 1.11. The summed E-state index contributed by atoms with van der Waals surface area (Å²) in [6, 6.07) is 7.01. The van der Waals surface area contributed by atoms with Crippen molar-refractivity contribution in [2.24, 2.45) is 0 Å². The lowest BCUT2D eigenvalue weighted by atomic mass is 9.87. The summed E-state index contributed by atoms with van der Waals surface area (Å²) in [7, 11) is 0. The van der Waals surface area contributed by atoms with E-state index in [9.17, 15) is 4.79 Å². The van der Waals surface area contributed by atoms with E-state index < -0.39 is 5.97 Å². The first-order valence-corrected chi connectivity index (χ1v) is 4.25. The average molecular weight is 205 g/mol. The number of hydrogen-bond acceptors (Lipinski definition) is 1. The third-order valence-electron chi connectivity index (χ3n) is 2.00. The Morgan fingerprint density at radius 3 is 1.86 bits per heavy atom. The van der Waals surface area contributed by atoms with Crippen molar-refractivity contribution in [3.8, 4) is 0 Å². The molecule has 0 bridgehead atoms. The molecule has 0 fully saturated rings. The van der Waals surface area contributed by atoms with Crippen molar-refractivity contribution < 1.29 is 9.90 Å². The molecule has 0 aliphatic carbocycles. The second kappa shape index (κ2) is 4.80. The summed E-state index contributed by atoms with van der Waals surface area (Å²) in [5, 5.41) is 8.68. The Morgan fingerprint density at radius 1 is 1.14 bits per heavy atom. The zero-order chi connectivity index (χ0) is 10.1. The normalized spacial score (nSPS) is 10.5. The molecule has 1 rings (SSSR count). The lowest BCUT2D eigenvalue weighted by molar-refractivity contribution is 0.0697. The molecule has 0 amide bonds. The zero-order valence-electron chi connectivity index (χ0n) is 8.16. The third kappa shape index (κ3) is 3.31. The smallest absolute Gasteiger partial charge is 0.335 e. The number of hydrogen-bond donors (Lipinski definition) is 1. The quantitative estimate of drug-likeness (QED) is 0.708. The molecular weight excluding hydrogens is 188 g/mol. The topological polar surface area (TPSA) is 37.3 Å². The van der Waals surface area contributed by atoms with Crippen LogP contribution in [0, 0.1) is 0 Å². The second-order valence-electron chi connectivity index (χ2n) is 4.13. The van der Waals surface area contributed by atoms with Crippen LogP contribution in [0.5, 0.6) is 0 Å². The highest BCUT2D eigenvalue weighted by molar-refractivity contribution is 5.87. The SMILES string of the molecule is CC(C)(C)c1ccc(C(=O)O)cc1.[MgH2]. The standard InChI is InChI=1S/C11H14O2.Mg.2H/c1-11(2,3)9-6-4-8(5-7-9)10(12)13;;;/h4-7H,1-3H3,(H,12,13);;;. The monoisotopic (exact) mass is 204 g/mol. The highest BCUT2D eigenvalue weighted by Gasteiger charge is 2.13. The summed E-state index contributed by atoms with van der Waals surface area (Å²) in [4.78, 5) is 10.6. The minimum atomic E-state index is -0.875. The van der Waals surface area contributed by atoms with E-state index >= 15 is 0 Å². The van der Waals surface area contributed by atoms with Crippen LogP contribution < -0.4 is 0 Å². The largest absolute Gasteiger partial charge is 0.478 e. The van der Waals surface area contributed by atoms with E-state index in [4.69, 9.17) is 5.11 Å². The fourth-order valence-corrected chi connectivity index (χ4v) is 1.11. The predicted octanol–water partition coefficient (Wildman–Crippen LogP) is 1.77. The molecule has 0 radical (unpaired) electrons. The lowest BCUT2D eigenvalue weighted by Crippen LogP contribution is -2.11. The Hall–Kier alpha value is -0.544. The van der Waals surface area contributed by atoms with Crippen LogP contribution in [-0.4, -0.2) is 34.1 Å². The van der Waals surface area contributed by atoms with Gasteiger partial charge in [-0.1, -0.05) is 32.9 Å². The van der Waals surface area contributed by atoms with E-state index in [0.29, 0.717) is 5.56 Å². The fraction of sp³-hybridized carbons (Fsp3) is 0.364. The Balaban J connectivity index is 0.00000169. The molecule has 0 aliphatic heterocycles. The molecule has 0 saturated carbocycles. The van der Waals surface area contributed by atoms with Crippen LogP contribution in [-0.2, 0) is 5.41 Å². The summed E-state index contributed by atoms with van der Waals surface area (Å²) >= 11 is 0. The molecule has 14 heavy (non-hydrogen) atoms. The van der Waals surface area contributed by atoms with Crippen molar-refractivity contribution in [2.75, 3.05) is 0 Å². The molecule has 0 aliphatic rings. The van der Waals surface area contributed by atoms with Gasteiger partial charge in [0.1, 0.15) is 0 Å². The van der Waals surface area contributed by atoms with Crippen molar-refractivity contribution in [2.45, 2.75) is 26.2 Å². The minimum absolute atomic E-state index is 0. The number of aromatic carboxylic acids is 1. The van der Waals surface area contributed by atoms with Gasteiger partial charge in [-0.25, -0.2) is 4.79 Å². The van der Waals surface area contributed by atoms with Gasteiger partial charge in [-0.15, -0.1) is 0 Å². The van der Waals surface area contributed by atoms with E-state index in [0.717, 1.165) is 5.56 Å². The predicted molar refractivity (Wildman–Crippen MR) is 60.6 cm³/mol. The summed E-state index contributed by atoms with van der Waals surface area (Å²) in [6.45, 7) is 6.30. The van der Waals surface area contributed by atoms with Crippen LogP contribution in [0.25, 0.3) is 0 Å². The Morgan fingerprint density at radius 2 is 1.57 bits per heavy atom. The van der Waals surface area contributed by atoms with Gasteiger partial charge in [0, 0.05) is 0 Å². The van der Waals surface area contributed by atoms with E-state index in [1.165, 1.54) is 0 Å². The maximum absolute atomic E-state index is 10.6. The molecule has 0 heterocycles. The summed E-state index contributed by atoms with van der Waals surface area (Å²) < 4.78 is 0. The molecule has 0 saturated heterocycles. The molecule has 1 N–H and O–H groups in total. The number of benzene rings is 1. The van der Waals surface area contributed by atoms with Crippen molar-refractivity contribution in [1.29, 1.82) is 0 Å². The van der Waals surface area contributed by atoms with Crippen LogP contribution in [0.3, 0.4) is 0 Å². The van der Waals surface area contributed by atoms with Crippen LogP contribution in [0.1, 0.15) is 36.7 Å². The van der Waals surface area contributed by atoms with E-state index in [1.807, 2.05) is 12.1 Å². The molecule has 0 aromatic heterocycles. The van der Waals surface area contributed by atoms with Crippen LogP contribution in [0.15, 0.2) is 24.3 Å². The molecule has 0 atom stereocenters. The van der Waals surface area contributed by atoms with Gasteiger partial charge in [-0.2, -0.15) is 0 Å². The Kier molecular flexibility index (Phi) is 4.61. The van der Waals surface area contributed by atoms with Crippen molar-refractivity contribution in [3.63, 3.8) is 0 Å². The molecule has 0 unspecified atom stereocenters. The first-order chi connectivity index (χ1) is 5.91. The Labute approximate surface area is 100 Å². The molecule has 1 aromatic rings. The summed E-state index contributed by atoms with van der Waals surface area (Å²) in [5.41, 5.74) is 1.57. The maximum atomic E-state index is 10.6.